The average molecular weight is 223 g/mol. The zero-order valence-corrected chi connectivity index (χ0v) is 10.6. The third kappa shape index (κ3) is 1.39. The molecule has 0 radical (unpaired) electrons. The van der Waals surface area contributed by atoms with E-state index in [0.29, 0.717) is 5.92 Å². The number of benzene rings is 2. The smallest absolute Gasteiger partial charge is 0.0523 e. The van der Waals surface area contributed by atoms with Crippen molar-refractivity contribution >= 4 is 21.8 Å². The van der Waals surface area contributed by atoms with Crippen molar-refractivity contribution in [3.63, 3.8) is 0 Å². The Morgan fingerprint density at radius 2 is 1.59 bits per heavy atom. The van der Waals surface area contributed by atoms with Crippen molar-refractivity contribution in [1.82, 2.24) is 4.57 Å². The second kappa shape index (κ2) is 3.63. The van der Waals surface area contributed by atoms with Crippen LogP contribution in [0.4, 0.5) is 0 Å². The molecule has 3 rings (SSSR count). The van der Waals surface area contributed by atoms with Crippen LogP contribution in [0.2, 0.25) is 0 Å². The number of aryl methyl sites for hydroxylation is 1. The van der Waals surface area contributed by atoms with Gasteiger partial charge in [-0.1, -0.05) is 50.2 Å². The number of para-hydroxylation sites is 2. The monoisotopic (exact) mass is 223 g/mol. The number of hydrogen-bond donors (Lipinski definition) is 0. The van der Waals surface area contributed by atoms with Crippen LogP contribution >= 0.6 is 0 Å². The van der Waals surface area contributed by atoms with E-state index in [4.69, 9.17) is 0 Å². The van der Waals surface area contributed by atoms with Crippen LogP contribution in [0.15, 0.2) is 42.5 Å². The van der Waals surface area contributed by atoms with E-state index in [1.807, 2.05) is 0 Å². The van der Waals surface area contributed by atoms with Gasteiger partial charge in [-0.05, 0) is 17.5 Å². The van der Waals surface area contributed by atoms with E-state index in [2.05, 4.69) is 67.9 Å². The van der Waals surface area contributed by atoms with Crippen molar-refractivity contribution in [3.05, 3.63) is 48.0 Å². The Labute approximate surface area is 102 Å². The molecule has 1 heterocycles. The van der Waals surface area contributed by atoms with Gasteiger partial charge in [0.05, 0.1) is 5.52 Å². The lowest BCUT2D eigenvalue weighted by molar-refractivity contribution is 0.862. The summed E-state index contributed by atoms with van der Waals surface area (Å²) in [5.41, 5.74) is 4.13. The van der Waals surface area contributed by atoms with E-state index in [-0.39, 0.29) is 0 Å². The van der Waals surface area contributed by atoms with Crippen LogP contribution in [0.3, 0.4) is 0 Å². The fourth-order valence-corrected chi connectivity index (χ4v) is 2.73. The first kappa shape index (κ1) is 10.4. The molecule has 1 heteroatoms. The highest BCUT2D eigenvalue weighted by molar-refractivity contribution is 6.09. The molecule has 0 saturated carbocycles. The van der Waals surface area contributed by atoms with Gasteiger partial charge in [0.1, 0.15) is 0 Å². The maximum absolute atomic E-state index is 2.32. The Hall–Kier alpha value is -1.76. The van der Waals surface area contributed by atoms with Gasteiger partial charge in [-0.2, -0.15) is 0 Å². The highest BCUT2D eigenvalue weighted by Gasteiger charge is 2.12. The van der Waals surface area contributed by atoms with E-state index >= 15 is 0 Å². The first-order chi connectivity index (χ1) is 8.20. The topological polar surface area (TPSA) is 4.93 Å². The summed E-state index contributed by atoms with van der Waals surface area (Å²) in [5, 5.41) is 2.72. The molecule has 0 spiro atoms. The second-order valence-electron chi connectivity index (χ2n) is 4.97. The fraction of sp³-hybridized carbons (Fsp3) is 0.250. The molecular weight excluding hydrogens is 206 g/mol. The zero-order valence-electron chi connectivity index (χ0n) is 10.6. The van der Waals surface area contributed by atoms with E-state index in [0.717, 1.165) is 0 Å². The molecule has 0 amide bonds. The zero-order chi connectivity index (χ0) is 12.0. The molecule has 2 aromatic carbocycles. The van der Waals surface area contributed by atoms with Crippen LogP contribution in [0.5, 0.6) is 0 Å². The minimum atomic E-state index is 0.557. The molecule has 86 valence electrons. The van der Waals surface area contributed by atoms with Gasteiger partial charge >= 0.3 is 0 Å². The van der Waals surface area contributed by atoms with Gasteiger partial charge in [-0.25, -0.2) is 0 Å². The van der Waals surface area contributed by atoms with E-state index in [9.17, 15) is 0 Å². The average Bonchev–Trinajstić information content (AvgIpc) is 2.64. The van der Waals surface area contributed by atoms with Crippen molar-refractivity contribution < 1.29 is 0 Å². The third-order valence-corrected chi connectivity index (χ3v) is 3.58. The van der Waals surface area contributed by atoms with Crippen LogP contribution in [-0.4, -0.2) is 4.57 Å². The SMILES string of the molecule is CC(C)c1cccc2c3ccccc3n(C)c12. The Bertz CT molecular complexity index is 689. The lowest BCUT2D eigenvalue weighted by Gasteiger charge is -2.09. The minimum Gasteiger partial charge on any atom is -0.343 e. The lowest BCUT2D eigenvalue weighted by Crippen LogP contribution is -1.94. The molecule has 1 nitrogen and oxygen atoms in total. The van der Waals surface area contributed by atoms with Gasteiger partial charge in [0.25, 0.3) is 0 Å². The van der Waals surface area contributed by atoms with Gasteiger partial charge in [-0.15, -0.1) is 0 Å². The predicted molar refractivity (Wildman–Crippen MR) is 74.5 cm³/mol. The number of rotatable bonds is 1. The molecule has 0 fully saturated rings. The van der Waals surface area contributed by atoms with Crippen LogP contribution < -0.4 is 0 Å². The molecule has 1 aromatic heterocycles. The van der Waals surface area contributed by atoms with Crippen molar-refractivity contribution in [2.24, 2.45) is 7.05 Å². The van der Waals surface area contributed by atoms with Crippen molar-refractivity contribution in [2.75, 3.05) is 0 Å². The second-order valence-corrected chi connectivity index (χ2v) is 4.97. The molecule has 0 aliphatic carbocycles. The third-order valence-electron chi connectivity index (χ3n) is 3.58. The predicted octanol–water partition coefficient (Wildman–Crippen LogP) is 4.45. The first-order valence-corrected chi connectivity index (χ1v) is 6.16. The van der Waals surface area contributed by atoms with Crippen molar-refractivity contribution in [2.45, 2.75) is 19.8 Å². The van der Waals surface area contributed by atoms with Gasteiger partial charge in [0.15, 0.2) is 0 Å². The highest BCUT2D eigenvalue weighted by atomic mass is 14.9. The molecular formula is C16H17N. The standard InChI is InChI=1S/C16H17N/c1-11(2)12-8-6-9-14-13-7-4-5-10-15(13)17(3)16(12)14/h4-11H,1-3H3. The number of hydrogen-bond acceptors (Lipinski definition) is 0. The van der Waals surface area contributed by atoms with Crippen LogP contribution in [0.1, 0.15) is 25.3 Å². The summed E-state index contributed by atoms with van der Waals surface area (Å²) in [6.07, 6.45) is 0. The Kier molecular flexibility index (Phi) is 2.22. The first-order valence-electron chi connectivity index (χ1n) is 6.16. The van der Waals surface area contributed by atoms with Crippen LogP contribution in [0, 0.1) is 0 Å². The molecule has 0 bridgehead atoms. The lowest BCUT2D eigenvalue weighted by atomic mass is 10.00. The quantitative estimate of drug-likeness (QED) is 0.574. The van der Waals surface area contributed by atoms with Crippen LogP contribution in [-0.2, 0) is 7.05 Å². The van der Waals surface area contributed by atoms with Gasteiger partial charge < -0.3 is 4.57 Å². The number of fused-ring (bicyclic) bond motifs is 3. The van der Waals surface area contributed by atoms with E-state index in [1.54, 1.807) is 0 Å². The van der Waals surface area contributed by atoms with Gasteiger partial charge in [-0.3, -0.25) is 0 Å². The molecule has 17 heavy (non-hydrogen) atoms. The Balaban J connectivity index is 2.57. The molecule has 0 N–H and O–H groups in total. The molecule has 0 unspecified atom stereocenters. The largest absolute Gasteiger partial charge is 0.343 e. The summed E-state index contributed by atoms with van der Waals surface area (Å²) < 4.78 is 2.32. The van der Waals surface area contributed by atoms with Crippen molar-refractivity contribution in [1.29, 1.82) is 0 Å². The molecule has 0 aliphatic rings. The Morgan fingerprint density at radius 3 is 2.35 bits per heavy atom. The maximum Gasteiger partial charge on any atom is 0.0523 e. The summed E-state index contributed by atoms with van der Waals surface area (Å²) in [7, 11) is 2.16. The summed E-state index contributed by atoms with van der Waals surface area (Å²) >= 11 is 0. The van der Waals surface area contributed by atoms with E-state index in [1.165, 1.54) is 27.4 Å². The van der Waals surface area contributed by atoms with E-state index < -0.39 is 0 Å². The normalized spacial score (nSPS) is 11.8. The summed E-state index contributed by atoms with van der Waals surface area (Å²) in [5.74, 6) is 0.557. The van der Waals surface area contributed by atoms with Crippen molar-refractivity contribution in [3.8, 4) is 0 Å². The Morgan fingerprint density at radius 1 is 0.882 bits per heavy atom. The van der Waals surface area contributed by atoms with Gasteiger partial charge in [0, 0.05) is 23.3 Å². The fourth-order valence-electron chi connectivity index (χ4n) is 2.73. The molecule has 0 saturated heterocycles. The number of nitrogens with zero attached hydrogens (tertiary/aromatic N) is 1. The van der Waals surface area contributed by atoms with Gasteiger partial charge in [0.2, 0.25) is 0 Å². The highest BCUT2D eigenvalue weighted by Crippen LogP contribution is 2.32. The summed E-state index contributed by atoms with van der Waals surface area (Å²) in [6.45, 7) is 4.51. The molecule has 3 aromatic rings. The molecule has 0 aliphatic heterocycles. The number of aromatic nitrogens is 1. The maximum atomic E-state index is 2.32. The summed E-state index contributed by atoms with van der Waals surface area (Å²) in [6, 6.07) is 15.3. The summed E-state index contributed by atoms with van der Waals surface area (Å²) in [4.78, 5) is 0. The van der Waals surface area contributed by atoms with Crippen LogP contribution in [0.25, 0.3) is 21.8 Å². The minimum absolute atomic E-state index is 0.557. The molecule has 0 atom stereocenters.